The third-order valence-corrected chi connectivity index (χ3v) is 3.38. The van der Waals surface area contributed by atoms with Crippen LogP contribution in [0.1, 0.15) is 59.2 Å². The predicted octanol–water partition coefficient (Wildman–Crippen LogP) is 3.14. The molecule has 6 heteroatoms. The van der Waals surface area contributed by atoms with Gasteiger partial charge in [-0.1, -0.05) is 31.3 Å². The molecule has 21 heavy (non-hydrogen) atoms. The molecule has 1 aliphatic carbocycles. The van der Waals surface area contributed by atoms with Crippen molar-refractivity contribution in [1.82, 2.24) is 15.0 Å². The van der Waals surface area contributed by atoms with Gasteiger partial charge in [0.15, 0.2) is 5.82 Å². The first-order valence-electron chi connectivity index (χ1n) is 7.55. The van der Waals surface area contributed by atoms with E-state index in [0.717, 1.165) is 6.42 Å². The number of hydrogen-bond acceptors (Lipinski definition) is 5. The van der Waals surface area contributed by atoms with Crippen LogP contribution < -0.4 is 0 Å². The van der Waals surface area contributed by atoms with E-state index < -0.39 is 5.60 Å². The highest BCUT2D eigenvalue weighted by molar-refractivity contribution is 5.68. The predicted molar refractivity (Wildman–Crippen MR) is 77.9 cm³/mol. The molecule has 1 atom stereocenters. The third-order valence-electron chi connectivity index (χ3n) is 3.38. The molecule has 0 spiro atoms. The topological polar surface area (TPSA) is 68.5 Å². The smallest absolute Gasteiger partial charge is 0.410 e. The van der Waals surface area contributed by atoms with Crippen LogP contribution in [0, 0.1) is 0 Å². The van der Waals surface area contributed by atoms with Gasteiger partial charge in [-0.15, -0.1) is 0 Å². The van der Waals surface area contributed by atoms with Crippen LogP contribution >= 0.6 is 0 Å². The molecule has 0 N–H and O–H groups in total. The Morgan fingerprint density at radius 2 is 2.05 bits per heavy atom. The molecule has 3 rings (SSSR count). The van der Waals surface area contributed by atoms with Gasteiger partial charge in [0, 0.05) is 13.1 Å². The van der Waals surface area contributed by atoms with E-state index in [0.29, 0.717) is 18.9 Å². The maximum absolute atomic E-state index is 12.0. The van der Waals surface area contributed by atoms with Gasteiger partial charge in [-0.05, 0) is 27.2 Å². The van der Waals surface area contributed by atoms with Crippen LogP contribution in [0.4, 0.5) is 4.79 Å². The summed E-state index contributed by atoms with van der Waals surface area (Å²) in [6, 6.07) is 0. The minimum absolute atomic E-state index is 0.246. The number of carbonyl (C=O) groups is 1. The molecule has 1 aliphatic heterocycles. The van der Waals surface area contributed by atoms with Crippen LogP contribution in [0.5, 0.6) is 0 Å². The highest BCUT2D eigenvalue weighted by Crippen LogP contribution is 2.32. The van der Waals surface area contributed by atoms with Crippen molar-refractivity contribution < 1.29 is 14.1 Å². The Morgan fingerprint density at radius 3 is 2.52 bits per heavy atom. The van der Waals surface area contributed by atoms with Crippen molar-refractivity contribution in [3.8, 4) is 0 Å². The average Bonchev–Trinajstić information content (AvgIpc) is 3.03. The van der Waals surface area contributed by atoms with Crippen LogP contribution in [-0.4, -0.2) is 39.8 Å². The van der Waals surface area contributed by atoms with Gasteiger partial charge in [-0.25, -0.2) is 4.79 Å². The number of nitrogens with zero attached hydrogens (tertiary/aromatic N) is 3. The fourth-order valence-electron chi connectivity index (χ4n) is 2.06. The summed E-state index contributed by atoms with van der Waals surface area (Å²) in [6.07, 6.45) is 6.34. The average molecular weight is 295 g/mol. The lowest BCUT2D eigenvalue weighted by Gasteiger charge is -2.25. The van der Waals surface area contributed by atoms with Gasteiger partial charge < -0.3 is 14.2 Å². The maximum Gasteiger partial charge on any atom is 0.410 e. The number of amides is 1. The Hall–Kier alpha value is -1.59. The Balaban J connectivity index is 0.000000477. The normalized spacial score (nSPS) is 24.3. The second kappa shape index (κ2) is 6.03. The molecule has 1 saturated carbocycles. The minimum Gasteiger partial charge on any atom is -0.444 e. The Morgan fingerprint density at radius 1 is 1.38 bits per heavy atom. The number of likely N-dealkylation sites (tertiary alicyclic amines) is 1. The minimum atomic E-state index is -0.470. The SMILES string of the molecule is C1CC1.CC(C)(C)OC(=O)N1CCC(C)(c2ncon2)C1. The van der Waals surface area contributed by atoms with Gasteiger partial charge in [0.25, 0.3) is 0 Å². The van der Waals surface area contributed by atoms with E-state index in [9.17, 15) is 4.79 Å². The molecule has 0 bridgehead atoms. The lowest BCUT2D eigenvalue weighted by molar-refractivity contribution is 0.0284. The van der Waals surface area contributed by atoms with Gasteiger partial charge in [-0.3, -0.25) is 0 Å². The summed E-state index contributed by atoms with van der Waals surface area (Å²) in [7, 11) is 0. The van der Waals surface area contributed by atoms with Gasteiger partial charge in [0.1, 0.15) is 5.60 Å². The third kappa shape index (κ3) is 4.72. The van der Waals surface area contributed by atoms with Crippen molar-refractivity contribution in [2.75, 3.05) is 13.1 Å². The quantitative estimate of drug-likeness (QED) is 0.796. The number of ether oxygens (including phenoxy) is 1. The number of rotatable bonds is 1. The van der Waals surface area contributed by atoms with Crippen LogP contribution in [0.3, 0.4) is 0 Å². The van der Waals surface area contributed by atoms with Crippen LogP contribution in [-0.2, 0) is 10.2 Å². The number of carbonyl (C=O) groups excluding carboxylic acids is 1. The standard InChI is InChI=1S/C12H19N3O3.C3H6/c1-11(2,3)18-10(16)15-6-5-12(4,7-15)9-13-8-17-14-9;1-2-3-1/h8H,5-7H2,1-4H3;1-3H2. The first kappa shape index (κ1) is 15.8. The van der Waals surface area contributed by atoms with Gasteiger partial charge in [-0.2, -0.15) is 4.98 Å². The molecular weight excluding hydrogens is 270 g/mol. The highest BCUT2D eigenvalue weighted by Gasteiger charge is 2.41. The van der Waals surface area contributed by atoms with Crippen molar-refractivity contribution >= 4 is 6.09 Å². The second-order valence-corrected chi connectivity index (χ2v) is 7.03. The molecule has 1 saturated heterocycles. The monoisotopic (exact) mass is 295 g/mol. The zero-order chi connectivity index (χ0) is 15.5. The molecule has 118 valence electrons. The maximum atomic E-state index is 12.0. The Labute approximate surface area is 125 Å². The van der Waals surface area contributed by atoms with Crippen molar-refractivity contribution in [1.29, 1.82) is 0 Å². The van der Waals surface area contributed by atoms with E-state index in [2.05, 4.69) is 10.1 Å². The Kier molecular flexibility index (Phi) is 4.54. The fraction of sp³-hybridized carbons (Fsp3) is 0.800. The van der Waals surface area contributed by atoms with E-state index in [-0.39, 0.29) is 11.5 Å². The van der Waals surface area contributed by atoms with Crippen molar-refractivity contribution in [2.45, 2.75) is 64.4 Å². The molecule has 1 aromatic heterocycles. The van der Waals surface area contributed by atoms with Crippen molar-refractivity contribution in [3.05, 3.63) is 12.2 Å². The summed E-state index contributed by atoms with van der Waals surface area (Å²) in [6.45, 7) is 8.82. The van der Waals surface area contributed by atoms with Crippen molar-refractivity contribution in [2.24, 2.45) is 0 Å². The van der Waals surface area contributed by atoms with E-state index in [4.69, 9.17) is 9.26 Å². The van der Waals surface area contributed by atoms with Gasteiger partial charge in [0.05, 0.1) is 5.41 Å². The number of aromatic nitrogens is 2. The summed E-state index contributed by atoms with van der Waals surface area (Å²) < 4.78 is 10.1. The molecule has 1 amide bonds. The molecule has 0 radical (unpaired) electrons. The van der Waals surface area contributed by atoms with E-state index in [1.165, 1.54) is 25.7 Å². The first-order valence-corrected chi connectivity index (χ1v) is 7.55. The summed E-state index contributed by atoms with van der Waals surface area (Å²) in [5.41, 5.74) is -0.716. The number of hydrogen-bond donors (Lipinski definition) is 0. The zero-order valence-electron chi connectivity index (χ0n) is 13.4. The second-order valence-electron chi connectivity index (χ2n) is 7.03. The fourth-order valence-corrected chi connectivity index (χ4v) is 2.06. The molecule has 1 aromatic rings. The van der Waals surface area contributed by atoms with Gasteiger partial charge >= 0.3 is 6.09 Å². The summed E-state index contributed by atoms with van der Waals surface area (Å²) in [5, 5.41) is 3.87. The molecule has 1 unspecified atom stereocenters. The van der Waals surface area contributed by atoms with E-state index in [1.807, 2.05) is 27.7 Å². The summed E-state index contributed by atoms with van der Waals surface area (Å²) in [5.74, 6) is 0.647. The van der Waals surface area contributed by atoms with Crippen LogP contribution in [0.15, 0.2) is 10.9 Å². The Bertz CT molecular complexity index is 462. The highest BCUT2D eigenvalue weighted by atomic mass is 16.6. The lowest BCUT2D eigenvalue weighted by Crippen LogP contribution is -2.37. The molecule has 0 aromatic carbocycles. The summed E-state index contributed by atoms with van der Waals surface area (Å²) >= 11 is 0. The molecule has 2 aliphatic rings. The molecular formula is C15H25N3O3. The van der Waals surface area contributed by atoms with E-state index in [1.54, 1.807) is 4.90 Å². The largest absolute Gasteiger partial charge is 0.444 e. The molecule has 2 fully saturated rings. The van der Waals surface area contributed by atoms with Gasteiger partial charge in [0.2, 0.25) is 6.39 Å². The lowest BCUT2D eigenvalue weighted by atomic mass is 9.89. The van der Waals surface area contributed by atoms with Crippen molar-refractivity contribution in [3.63, 3.8) is 0 Å². The van der Waals surface area contributed by atoms with Crippen LogP contribution in [0.2, 0.25) is 0 Å². The zero-order valence-corrected chi connectivity index (χ0v) is 13.4. The molecule has 6 nitrogen and oxygen atoms in total. The van der Waals surface area contributed by atoms with E-state index >= 15 is 0 Å². The first-order chi connectivity index (χ1) is 9.80. The summed E-state index contributed by atoms with van der Waals surface area (Å²) in [4.78, 5) is 17.7. The molecule has 2 heterocycles. The van der Waals surface area contributed by atoms with Crippen LogP contribution in [0.25, 0.3) is 0 Å².